The molecule has 0 radical (unpaired) electrons. The molecule has 0 aliphatic heterocycles. The van der Waals surface area contributed by atoms with Gasteiger partial charge in [-0.1, -0.05) is 0 Å². The first-order chi connectivity index (χ1) is 9.53. The van der Waals surface area contributed by atoms with Gasteiger partial charge in [-0.2, -0.15) is 5.26 Å². The molecule has 0 amide bonds. The summed E-state index contributed by atoms with van der Waals surface area (Å²) >= 11 is 0. The maximum absolute atomic E-state index is 12.1. The molecular weight excluding hydrogens is 278 g/mol. The van der Waals surface area contributed by atoms with Crippen molar-refractivity contribution < 1.29 is 8.42 Å². The number of nitriles is 1. The highest BCUT2D eigenvalue weighted by molar-refractivity contribution is 7.89. The lowest BCUT2D eigenvalue weighted by atomic mass is 10.2. The number of hydrogen-bond acceptors (Lipinski definition) is 5. The van der Waals surface area contributed by atoms with Crippen LogP contribution in [-0.4, -0.2) is 24.9 Å². The Kier molecular flexibility index (Phi) is 4.02. The molecule has 0 unspecified atom stereocenters. The van der Waals surface area contributed by atoms with E-state index in [1.54, 1.807) is 6.20 Å². The third kappa shape index (κ3) is 3.14. The number of aromatic nitrogens is 2. The van der Waals surface area contributed by atoms with E-state index >= 15 is 0 Å². The first kappa shape index (κ1) is 14.0. The maximum Gasteiger partial charge on any atom is 0.241 e. The Hall–Kier alpha value is -2.37. The third-order valence-corrected chi connectivity index (χ3v) is 4.17. The number of nitrogens with two attached hydrogens (primary N) is 1. The minimum absolute atomic E-state index is 0.0269. The predicted octanol–water partition coefficient (Wildman–Crippen LogP) is 0.385. The van der Waals surface area contributed by atoms with E-state index in [1.165, 1.54) is 24.5 Å². The highest BCUT2D eigenvalue weighted by Crippen LogP contribution is 2.17. The summed E-state index contributed by atoms with van der Waals surface area (Å²) in [6.07, 6.45) is 3.63. The van der Waals surface area contributed by atoms with Gasteiger partial charge in [-0.3, -0.25) is 0 Å². The van der Waals surface area contributed by atoms with Crippen LogP contribution in [0.1, 0.15) is 11.3 Å². The van der Waals surface area contributed by atoms with Crippen molar-refractivity contribution in [3.05, 3.63) is 42.0 Å². The van der Waals surface area contributed by atoms with Crippen LogP contribution in [0.3, 0.4) is 0 Å². The molecule has 8 heteroatoms. The molecule has 104 valence electrons. The van der Waals surface area contributed by atoms with Crippen molar-refractivity contribution in [2.24, 2.45) is 0 Å². The number of hydrogen-bond donors (Lipinski definition) is 3. The zero-order chi connectivity index (χ0) is 14.6. The molecule has 2 rings (SSSR count). The van der Waals surface area contributed by atoms with Crippen LogP contribution < -0.4 is 10.5 Å². The number of imidazole rings is 1. The first-order valence-electron chi connectivity index (χ1n) is 5.79. The summed E-state index contributed by atoms with van der Waals surface area (Å²) in [6, 6.07) is 5.94. The molecule has 2 aromatic rings. The van der Waals surface area contributed by atoms with Crippen LogP contribution in [0, 0.1) is 11.3 Å². The van der Waals surface area contributed by atoms with Gasteiger partial charge in [-0.05, 0) is 18.2 Å². The van der Waals surface area contributed by atoms with Crippen LogP contribution in [0.4, 0.5) is 5.69 Å². The van der Waals surface area contributed by atoms with E-state index in [2.05, 4.69) is 14.7 Å². The van der Waals surface area contributed by atoms with E-state index in [0.717, 1.165) is 5.69 Å². The molecule has 7 nitrogen and oxygen atoms in total. The number of rotatable bonds is 5. The van der Waals surface area contributed by atoms with Crippen LogP contribution in [0.2, 0.25) is 0 Å². The zero-order valence-corrected chi connectivity index (χ0v) is 11.3. The SMILES string of the molecule is N#Cc1cc(N)ccc1S(=O)(=O)NCCc1cnc[nH]1. The number of anilines is 1. The third-order valence-electron chi connectivity index (χ3n) is 2.65. The number of nitrogens with one attached hydrogen (secondary N) is 2. The summed E-state index contributed by atoms with van der Waals surface area (Å²) < 4.78 is 26.7. The molecule has 0 fully saturated rings. The number of nitrogens with zero attached hydrogens (tertiary/aromatic N) is 2. The Balaban J connectivity index is 2.12. The van der Waals surface area contributed by atoms with Gasteiger partial charge in [0.25, 0.3) is 0 Å². The van der Waals surface area contributed by atoms with Gasteiger partial charge in [-0.25, -0.2) is 18.1 Å². The molecule has 0 bridgehead atoms. The molecule has 0 spiro atoms. The molecule has 0 saturated carbocycles. The normalized spacial score (nSPS) is 11.2. The number of H-pyrrole nitrogens is 1. The fourth-order valence-corrected chi connectivity index (χ4v) is 2.86. The topological polar surface area (TPSA) is 125 Å². The molecule has 0 aliphatic rings. The van der Waals surface area contributed by atoms with E-state index in [1.807, 2.05) is 6.07 Å². The van der Waals surface area contributed by atoms with Crippen LogP contribution in [0.15, 0.2) is 35.6 Å². The van der Waals surface area contributed by atoms with Crippen molar-refractivity contribution in [3.63, 3.8) is 0 Å². The minimum Gasteiger partial charge on any atom is -0.399 e. The Labute approximate surface area is 116 Å². The number of aromatic amines is 1. The highest BCUT2D eigenvalue weighted by atomic mass is 32.2. The fourth-order valence-electron chi connectivity index (χ4n) is 1.69. The van der Waals surface area contributed by atoms with Gasteiger partial charge in [0, 0.05) is 30.5 Å². The average molecular weight is 291 g/mol. The van der Waals surface area contributed by atoms with Crippen LogP contribution in [-0.2, 0) is 16.4 Å². The minimum atomic E-state index is -3.74. The second kappa shape index (κ2) is 5.73. The lowest BCUT2D eigenvalue weighted by Crippen LogP contribution is -2.26. The number of benzene rings is 1. The highest BCUT2D eigenvalue weighted by Gasteiger charge is 2.18. The van der Waals surface area contributed by atoms with Gasteiger partial charge in [0.05, 0.1) is 16.8 Å². The van der Waals surface area contributed by atoms with Crippen LogP contribution in [0.25, 0.3) is 0 Å². The summed E-state index contributed by atoms with van der Waals surface area (Å²) in [5, 5.41) is 8.97. The largest absolute Gasteiger partial charge is 0.399 e. The summed E-state index contributed by atoms with van der Waals surface area (Å²) in [4.78, 5) is 6.65. The maximum atomic E-state index is 12.1. The van der Waals surface area contributed by atoms with Crippen molar-refractivity contribution in [2.45, 2.75) is 11.3 Å². The van der Waals surface area contributed by atoms with Gasteiger partial charge in [0.2, 0.25) is 10.0 Å². The fraction of sp³-hybridized carbons (Fsp3) is 0.167. The second-order valence-corrected chi connectivity index (χ2v) is 5.83. The summed E-state index contributed by atoms with van der Waals surface area (Å²) in [5.74, 6) is 0. The van der Waals surface area contributed by atoms with Crippen LogP contribution in [0.5, 0.6) is 0 Å². The molecule has 1 aromatic carbocycles. The zero-order valence-electron chi connectivity index (χ0n) is 10.5. The molecule has 1 heterocycles. The molecule has 1 aromatic heterocycles. The van der Waals surface area contributed by atoms with E-state index in [0.29, 0.717) is 12.1 Å². The van der Waals surface area contributed by atoms with Crippen molar-refractivity contribution in [2.75, 3.05) is 12.3 Å². The Morgan fingerprint density at radius 3 is 2.90 bits per heavy atom. The van der Waals surface area contributed by atoms with E-state index < -0.39 is 10.0 Å². The molecule has 4 N–H and O–H groups in total. The van der Waals surface area contributed by atoms with Gasteiger partial charge in [-0.15, -0.1) is 0 Å². The van der Waals surface area contributed by atoms with Gasteiger partial charge in [0.15, 0.2) is 0 Å². The van der Waals surface area contributed by atoms with Gasteiger partial charge in [0.1, 0.15) is 6.07 Å². The first-order valence-corrected chi connectivity index (χ1v) is 7.28. The summed E-state index contributed by atoms with van der Waals surface area (Å²) in [6.45, 7) is 0.208. The van der Waals surface area contributed by atoms with Gasteiger partial charge >= 0.3 is 0 Å². The smallest absolute Gasteiger partial charge is 0.241 e. The molecule has 0 atom stereocenters. The summed E-state index contributed by atoms with van der Waals surface area (Å²) in [7, 11) is -3.74. The quantitative estimate of drug-likeness (QED) is 0.687. The van der Waals surface area contributed by atoms with Crippen molar-refractivity contribution >= 4 is 15.7 Å². The summed E-state index contributed by atoms with van der Waals surface area (Å²) in [5.41, 5.74) is 6.73. The number of nitrogen functional groups attached to an aromatic ring is 1. The van der Waals surface area contributed by atoms with E-state index in [4.69, 9.17) is 11.0 Å². The van der Waals surface area contributed by atoms with Crippen molar-refractivity contribution in [1.29, 1.82) is 5.26 Å². The lowest BCUT2D eigenvalue weighted by molar-refractivity contribution is 0.581. The monoisotopic (exact) mass is 291 g/mol. The standard InChI is InChI=1S/C12H13N5O2S/c13-6-9-5-10(14)1-2-12(9)20(18,19)17-4-3-11-7-15-8-16-11/h1-2,5,7-8,17H,3-4,14H2,(H,15,16). The molecular formula is C12H13N5O2S. The molecule has 0 saturated heterocycles. The van der Waals surface area contributed by atoms with Crippen LogP contribution >= 0.6 is 0 Å². The lowest BCUT2D eigenvalue weighted by Gasteiger charge is -2.08. The average Bonchev–Trinajstić information content (AvgIpc) is 2.91. The molecule has 20 heavy (non-hydrogen) atoms. The van der Waals surface area contributed by atoms with Crippen molar-refractivity contribution in [3.8, 4) is 6.07 Å². The van der Waals surface area contributed by atoms with E-state index in [9.17, 15) is 8.42 Å². The number of sulfonamides is 1. The van der Waals surface area contributed by atoms with E-state index in [-0.39, 0.29) is 17.0 Å². The second-order valence-electron chi connectivity index (χ2n) is 4.09. The molecule has 0 aliphatic carbocycles. The van der Waals surface area contributed by atoms with Gasteiger partial charge < -0.3 is 10.7 Å². The Morgan fingerprint density at radius 2 is 2.25 bits per heavy atom. The predicted molar refractivity (Wildman–Crippen MR) is 73.0 cm³/mol. The Bertz CT molecular complexity index is 732. The van der Waals surface area contributed by atoms with Crippen molar-refractivity contribution in [1.82, 2.24) is 14.7 Å². The Morgan fingerprint density at radius 1 is 1.45 bits per heavy atom.